The number of aryl methyl sites for hydroxylation is 1. The Hall–Kier alpha value is -1.51. The molecule has 1 aromatic carbocycles. The van der Waals surface area contributed by atoms with E-state index in [9.17, 15) is 4.79 Å². The molecule has 0 heterocycles. The van der Waals surface area contributed by atoms with Gasteiger partial charge in [0, 0.05) is 0 Å². The molecule has 100 valence electrons. The van der Waals surface area contributed by atoms with Gasteiger partial charge in [0.05, 0.1) is 6.61 Å². The van der Waals surface area contributed by atoms with Crippen molar-refractivity contribution in [2.45, 2.75) is 46.0 Å². The third-order valence-electron chi connectivity index (χ3n) is 2.65. The maximum absolute atomic E-state index is 11.5. The van der Waals surface area contributed by atoms with Gasteiger partial charge in [0.25, 0.3) is 0 Å². The SMILES string of the molecule is CCCCCOC(=O)Oc1ccccc1CCC. The summed E-state index contributed by atoms with van der Waals surface area (Å²) in [5.41, 5.74) is 1.05. The van der Waals surface area contributed by atoms with Crippen molar-refractivity contribution in [1.29, 1.82) is 0 Å². The maximum atomic E-state index is 11.5. The predicted molar refractivity (Wildman–Crippen MR) is 71.9 cm³/mol. The normalized spacial score (nSPS) is 10.1. The number of hydrogen-bond donors (Lipinski definition) is 0. The highest BCUT2D eigenvalue weighted by molar-refractivity contribution is 5.64. The third kappa shape index (κ3) is 5.21. The molecule has 3 nitrogen and oxygen atoms in total. The smallest absolute Gasteiger partial charge is 0.434 e. The first-order chi connectivity index (χ1) is 8.77. The molecule has 0 bridgehead atoms. The van der Waals surface area contributed by atoms with E-state index in [4.69, 9.17) is 9.47 Å². The van der Waals surface area contributed by atoms with Gasteiger partial charge in [-0.1, -0.05) is 51.3 Å². The van der Waals surface area contributed by atoms with Gasteiger partial charge in [-0.25, -0.2) is 4.79 Å². The molecule has 3 heteroatoms. The summed E-state index contributed by atoms with van der Waals surface area (Å²) in [5.74, 6) is 0.611. The average molecular weight is 250 g/mol. The van der Waals surface area contributed by atoms with E-state index in [-0.39, 0.29) is 0 Å². The van der Waals surface area contributed by atoms with Crippen molar-refractivity contribution in [3.63, 3.8) is 0 Å². The van der Waals surface area contributed by atoms with Crippen molar-refractivity contribution < 1.29 is 14.3 Å². The number of carbonyl (C=O) groups is 1. The highest BCUT2D eigenvalue weighted by atomic mass is 16.7. The molecular weight excluding hydrogens is 228 g/mol. The van der Waals surface area contributed by atoms with Crippen LogP contribution in [0.25, 0.3) is 0 Å². The average Bonchev–Trinajstić information content (AvgIpc) is 2.37. The summed E-state index contributed by atoms with van der Waals surface area (Å²) < 4.78 is 10.2. The Morgan fingerprint density at radius 3 is 2.61 bits per heavy atom. The molecule has 0 radical (unpaired) electrons. The van der Waals surface area contributed by atoms with Gasteiger partial charge in [-0.3, -0.25) is 0 Å². The van der Waals surface area contributed by atoms with E-state index in [2.05, 4.69) is 13.8 Å². The second-order valence-corrected chi connectivity index (χ2v) is 4.27. The molecule has 1 aromatic rings. The van der Waals surface area contributed by atoms with Gasteiger partial charge in [0.2, 0.25) is 0 Å². The van der Waals surface area contributed by atoms with Crippen molar-refractivity contribution in [3.05, 3.63) is 29.8 Å². The molecule has 0 unspecified atom stereocenters. The monoisotopic (exact) mass is 250 g/mol. The Morgan fingerprint density at radius 1 is 1.11 bits per heavy atom. The number of rotatable bonds is 7. The Balaban J connectivity index is 2.43. The van der Waals surface area contributed by atoms with E-state index in [1.165, 1.54) is 0 Å². The summed E-state index contributed by atoms with van der Waals surface area (Å²) in [6.45, 7) is 4.64. The highest BCUT2D eigenvalue weighted by Gasteiger charge is 2.09. The van der Waals surface area contributed by atoms with Gasteiger partial charge in [0.15, 0.2) is 0 Å². The molecule has 0 atom stereocenters. The zero-order valence-electron chi connectivity index (χ0n) is 11.3. The van der Waals surface area contributed by atoms with Gasteiger partial charge in [-0.05, 0) is 24.5 Å². The van der Waals surface area contributed by atoms with Crippen LogP contribution in [-0.4, -0.2) is 12.8 Å². The molecule has 0 N–H and O–H groups in total. The fourth-order valence-corrected chi connectivity index (χ4v) is 1.71. The predicted octanol–water partition coefficient (Wildman–Crippen LogP) is 4.34. The summed E-state index contributed by atoms with van der Waals surface area (Å²) in [4.78, 5) is 11.5. The van der Waals surface area contributed by atoms with Gasteiger partial charge in [-0.15, -0.1) is 0 Å². The van der Waals surface area contributed by atoms with Crippen molar-refractivity contribution >= 4 is 6.16 Å². The first kappa shape index (κ1) is 14.6. The molecular formula is C15H22O3. The molecule has 0 amide bonds. The topological polar surface area (TPSA) is 35.5 Å². The molecule has 0 spiro atoms. The summed E-state index contributed by atoms with van der Waals surface area (Å²) >= 11 is 0. The largest absolute Gasteiger partial charge is 0.513 e. The van der Waals surface area contributed by atoms with Crippen molar-refractivity contribution in [1.82, 2.24) is 0 Å². The fraction of sp³-hybridized carbons (Fsp3) is 0.533. The lowest BCUT2D eigenvalue weighted by Gasteiger charge is -2.09. The molecule has 0 saturated heterocycles. The van der Waals surface area contributed by atoms with Gasteiger partial charge >= 0.3 is 6.16 Å². The standard InChI is InChI=1S/C15H22O3/c1-3-5-8-12-17-15(16)18-14-11-7-6-10-13(14)9-4-2/h6-7,10-11H,3-5,8-9,12H2,1-2H3. The van der Waals surface area contributed by atoms with Crippen LogP contribution in [0.1, 0.15) is 45.1 Å². The lowest BCUT2D eigenvalue weighted by molar-refractivity contribution is 0.0971. The number of carbonyl (C=O) groups excluding carboxylic acids is 1. The molecule has 0 aliphatic carbocycles. The maximum Gasteiger partial charge on any atom is 0.513 e. The molecule has 18 heavy (non-hydrogen) atoms. The number of hydrogen-bond acceptors (Lipinski definition) is 3. The van der Waals surface area contributed by atoms with Gasteiger partial charge < -0.3 is 9.47 Å². The van der Waals surface area contributed by atoms with Gasteiger partial charge in [0.1, 0.15) is 5.75 Å². The quantitative estimate of drug-likeness (QED) is 0.410. The lowest BCUT2D eigenvalue weighted by atomic mass is 10.1. The van der Waals surface area contributed by atoms with Gasteiger partial charge in [-0.2, -0.15) is 0 Å². The Kier molecular flexibility index (Phi) is 6.92. The molecule has 0 saturated carbocycles. The minimum absolute atomic E-state index is 0.433. The Bertz CT molecular complexity index is 361. The second kappa shape index (κ2) is 8.56. The minimum Gasteiger partial charge on any atom is -0.434 e. The van der Waals surface area contributed by atoms with Crippen LogP contribution in [0.15, 0.2) is 24.3 Å². The van der Waals surface area contributed by atoms with E-state index >= 15 is 0 Å². The van der Waals surface area contributed by atoms with Crippen LogP contribution in [0.4, 0.5) is 4.79 Å². The summed E-state index contributed by atoms with van der Waals surface area (Å²) in [6, 6.07) is 7.59. The number of ether oxygens (including phenoxy) is 2. The number of para-hydroxylation sites is 1. The van der Waals surface area contributed by atoms with Crippen LogP contribution in [0.2, 0.25) is 0 Å². The molecule has 0 aromatic heterocycles. The number of benzene rings is 1. The zero-order valence-corrected chi connectivity index (χ0v) is 11.3. The zero-order chi connectivity index (χ0) is 13.2. The molecule has 0 aliphatic rings. The molecule has 0 aliphatic heterocycles. The van der Waals surface area contributed by atoms with E-state index in [0.717, 1.165) is 37.7 Å². The Morgan fingerprint density at radius 2 is 1.89 bits per heavy atom. The minimum atomic E-state index is -0.602. The van der Waals surface area contributed by atoms with E-state index in [1.54, 1.807) is 6.07 Å². The first-order valence-electron chi connectivity index (χ1n) is 6.70. The Labute approximate surface area is 109 Å². The second-order valence-electron chi connectivity index (χ2n) is 4.27. The molecule has 1 rings (SSSR count). The van der Waals surface area contributed by atoms with Crippen LogP contribution in [0.3, 0.4) is 0 Å². The highest BCUT2D eigenvalue weighted by Crippen LogP contribution is 2.19. The van der Waals surface area contributed by atoms with E-state index < -0.39 is 6.16 Å². The van der Waals surface area contributed by atoms with Crippen LogP contribution >= 0.6 is 0 Å². The first-order valence-corrected chi connectivity index (χ1v) is 6.70. The summed E-state index contributed by atoms with van der Waals surface area (Å²) in [5, 5.41) is 0. The van der Waals surface area contributed by atoms with E-state index in [0.29, 0.717) is 12.4 Å². The summed E-state index contributed by atoms with van der Waals surface area (Å²) in [7, 11) is 0. The van der Waals surface area contributed by atoms with Crippen molar-refractivity contribution in [2.24, 2.45) is 0 Å². The van der Waals surface area contributed by atoms with Crippen LogP contribution in [-0.2, 0) is 11.2 Å². The van der Waals surface area contributed by atoms with E-state index in [1.807, 2.05) is 18.2 Å². The third-order valence-corrected chi connectivity index (χ3v) is 2.65. The van der Waals surface area contributed by atoms with Crippen LogP contribution < -0.4 is 4.74 Å². The fourth-order valence-electron chi connectivity index (χ4n) is 1.71. The van der Waals surface area contributed by atoms with Crippen LogP contribution in [0.5, 0.6) is 5.75 Å². The van der Waals surface area contributed by atoms with Crippen molar-refractivity contribution in [3.8, 4) is 5.75 Å². The lowest BCUT2D eigenvalue weighted by Crippen LogP contribution is -2.12. The molecule has 0 fully saturated rings. The summed E-state index contributed by atoms with van der Waals surface area (Å²) in [6.07, 6.45) is 4.39. The van der Waals surface area contributed by atoms with Crippen LogP contribution in [0, 0.1) is 0 Å². The van der Waals surface area contributed by atoms with Crippen molar-refractivity contribution in [2.75, 3.05) is 6.61 Å². The number of unbranched alkanes of at least 4 members (excludes halogenated alkanes) is 2.